The largest absolute Gasteiger partial charge is 0.434 e. The minimum absolute atomic E-state index is 0.0410. The van der Waals surface area contributed by atoms with Crippen LogP contribution in [0.1, 0.15) is 5.56 Å². The van der Waals surface area contributed by atoms with E-state index in [4.69, 9.17) is 16.3 Å². The minimum Gasteiger partial charge on any atom is -0.434 e. The zero-order chi connectivity index (χ0) is 12.4. The lowest BCUT2D eigenvalue weighted by molar-refractivity contribution is 0.447. The van der Waals surface area contributed by atoms with E-state index in [9.17, 15) is 4.79 Å². The van der Waals surface area contributed by atoms with Gasteiger partial charge in [0.25, 0.3) is 5.88 Å². The normalized spacial score (nSPS) is 10.3. The van der Waals surface area contributed by atoms with Crippen molar-refractivity contribution in [2.45, 2.75) is 6.92 Å². The monoisotopic (exact) mass is 314 g/mol. The summed E-state index contributed by atoms with van der Waals surface area (Å²) in [5.41, 5.74) is 0.634. The van der Waals surface area contributed by atoms with Gasteiger partial charge < -0.3 is 4.74 Å². The fourth-order valence-electron chi connectivity index (χ4n) is 1.24. The van der Waals surface area contributed by atoms with Crippen LogP contribution in [0.5, 0.6) is 11.6 Å². The topological polar surface area (TPSA) is 55.0 Å². The van der Waals surface area contributed by atoms with Gasteiger partial charge in [-0.3, -0.25) is 9.89 Å². The fourth-order valence-corrected chi connectivity index (χ4v) is 1.73. The smallest absolute Gasteiger partial charge is 0.285 e. The molecule has 0 bridgehead atoms. The van der Waals surface area contributed by atoms with E-state index in [1.165, 1.54) is 6.07 Å². The predicted molar refractivity (Wildman–Crippen MR) is 68.8 cm³/mol. The number of nitrogens with zero attached hydrogens (tertiary/aromatic N) is 1. The van der Waals surface area contributed by atoms with Gasteiger partial charge in [0.05, 0.1) is 4.47 Å². The summed E-state index contributed by atoms with van der Waals surface area (Å²) < 4.78 is 6.20. The van der Waals surface area contributed by atoms with Crippen LogP contribution in [-0.2, 0) is 0 Å². The molecule has 0 fully saturated rings. The van der Waals surface area contributed by atoms with Crippen LogP contribution in [0.2, 0.25) is 5.15 Å². The number of rotatable bonds is 2. The van der Waals surface area contributed by atoms with E-state index in [0.717, 1.165) is 10.0 Å². The van der Waals surface area contributed by atoms with Gasteiger partial charge in [0, 0.05) is 6.07 Å². The van der Waals surface area contributed by atoms with Gasteiger partial charge in [-0.15, -0.1) is 5.10 Å². The van der Waals surface area contributed by atoms with E-state index in [1.54, 1.807) is 6.07 Å². The maximum absolute atomic E-state index is 11.5. The molecule has 17 heavy (non-hydrogen) atoms. The number of aromatic amines is 1. The molecule has 2 rings (SSSR count). The first kappa shape index (κ1) is 12.1. The maximum Gasteiger partial charge on any atom is 0.285 e. The van der Waals surface area contributed by atoms with E-state index in [0.29, 0.717) is 5.75 Å². The Bertz CT molecular complexity index is 613. The van der Waals surface area contributed by atoms with Crippen molar-refractivity contribution in [1.29, 1.82) is 0 Å². The van der Waals surface area contributed by atoms with E-state index >= 15 is 0 Å². The van der Waals surface area contributed by atoms with Crippen molar-refractivity contribution in [2.75, 3.05) is 0 Å². The third-order valence-electron chi connectivity index (χ3n) is 2.10. The molecule has 0 atom stereocenters. The molecular weight excluding hydrogens is 307 g/mol. The first-order chi connectivity index (χ1) is 8.08. The predicted octanol–water partition coefficient (Wildman–Crippen LogP) is 3.29. The molecule has 0 radical (unpaired) electrons. The molecule has 0 saturated heterocycles. The molecule has 6 heteroatoms. The molecule has 1 N–H and O–H groups in total. The van der Waals surface area contributed by atoms with Gasteiger partial charge in [-0.2, -0.15) is 0 Å². The van der Waals surface area contributed by atoms with Crippen molar-refractivity contribution in [3.8, 4) is 11.6 Å². The quantitative estimate of drug-likeness (QED) is 0.925. The Morgan fingerprint density at radius 3 is 2.94 bits per heavy atom. The third-order valence-corrected chi connectivity index (χ3v) is 3.31. The summed E-state index contributed by atoms with van der Waals surface area (Å²) in [5, 5.41) is 6.37. The van der Waals surface area contributed by atoms with Crippen LogP contribution in [0.15, 0.2) is 33.5 Å². The first-order valence-corrected chi connectivity index (χ1v) is 5.93. The number of aromatic nitrogens is 2. The lowest BCUT2D eigenvalue weighted by Gasteiger charge is -2.07. The average Bonchev–Trinajstić information content (AvgIpc) is 2.28. The summed E-state index contributed by atoms with van der Waals surface area (Å²) in [7, 11) is 0. The fraction of sp³-hybridized carbons (Fsp3) is 0.0909. The summed E-state index contributed by atoms with van der Waals surface area (Å²) in [5.74, 6) is 0.492. The second-order valence-electron chi connectivity index (χ2n) is 3.37. The second kappa shape index (κ2) is 4.89. The van der Waals surface area contributed by atoms with Crippen molar-refractivity contribution in [3.05, 3.63) is 49.7 Å². The van der Waals surface area contributed by atoms with E-state index in [2.05, 4.69) is 26.1 Å². The molecule has 2 aromatic rings. The highest BCUT2D eigenvalue weighted by atomic mass is 79.9. The molecule has 1 heterocycles. The van der Waals surface area contributed by atoms with Crippen molar-refractivity contribution in [3.63, 3.8) is 0 Å². The average molecular weight is 316 g/mol. The summed E-state index contributed by atoms with van der Waals surface area (Å²) >= 11 is 8.98. The Morgan fingerprint density at radius 1 is 1.47 bits per heavy atom. The molecule has 88 valence electrons. The van der Waals surface area contributed by atoms with Crippen LogP contribution < -0.4 is 10.2 Å². The Kier molecular flexibility index (Phi) is 3.49. The minimum atomic E-state index is -0.373. The van der Waals surface area contributed by atoms with Crippen LogP contribution in [0.25, 0.3) is 0 Å². The molecule has 0 unspecified atom stereocenters. The van der Waals surface area contributed by atoms with E-state index < -0.39 is 0 Å². The Labute approximate surface area is 111 Å². The van der Waals surface area contributed by atoms with Gasteiger partial charge in [-0.1, -0.05) is 23.7 Å². The number of benzene rings is 1. The summed E-state index contributed by atoms with van der Waals surface area (Å²) in [6.45, 7) is 1.93. The zero-order valence-electron chi connectivity index (χ0n) is 8.83. The number of hydrogen-bond acceptors (Lipinski definition) is 3. The van der Waals surface area contributed by atoms with Crippen LogP contribution in [0, 0.1) is 6.92 Å². The summed E-state index contributed by atoms with van der Waals surface area (Å²) in [4.78, 5) is 11.5. The zero-order valence-corrected chi connectivity index (χ0v) is 11.2. The highest BCUT2D eigenvalue weighted by Gasteiger charge is 2.09. The first-order valence-electron chi connectivity index (χ1n) is 4.76. The highest BCUT2D eigenvalue weighted by Crippen LogP contribution is 2.30. The molecule has 0 aliphatic heterocycles. The van der Waals surface area contributed by atoms with E-state index in [-0.39, 0.29) is 16.5 Å². The molecule has 1 aromatic carbocycles. The van der Waals surface area contributed by atoms with Crippen molar-refractivity contribution in [2.24, 2.45) is 0 Å². The van der Waals surface area contributed by atoms with Crippen LogP contribution in [0.4, 0.5) is 0 Å². The Hall–Kier alpha value is -1.33. The molecule has 0 spiro atoms. The van der Waals surface area contributed by atoms with E-state index in [1.807, 2.05) is 19.1 Å². The SMILES string of the molecule is Cc1cccc(Oc2n[nH]c(Cl)cc2=O)c1Br. The van der Waals surface area contributed by atoms with Gasteiger partial charge in [0.15, 0.2) is 0 Å². The van der Waals surface area contributed by atoms with Gasteiger partial charge >= 0.3 is 0 Å². The van der Waals surface area contributed by atoms with Crippen LogP contribution >= 0.6 is 27.5 Å². The second-order valence-corrected chi connectivity index (χ2v) is 4.57. The third kappa shape index (κ3) is 2.68. The number of aryl methyl sites for hydroxylation is 1. The van der Waals surface area contributed by atoms with Gasteiger partial charge in [0.1, 0.15) is 10.9 Å². The summed E-state index contributed by atoms with van der Waals surface area (Å²) in [6, 6.07) is 6.72. The van der Waals surface area contributed by atoms with Crippen LogP contribution in [0.3, 0.4) is 0 Å². The van der Waals surface area contributed by atoms with Gasteiger partial charge in [0.2, 0.25) is 5.43 Å². The molecule has 0 aliphatic rings. The lowest BCUT2D eigenvalue weighted by atomic mass is 10.2. The number of ether oxygens (including phenoxy) is 1. The highest BCUT2D eigenvalue weighted by molar-refractivity contribution is 9.10. The number of nitrogens with one attached hydrogen (secondary N) is 1. The number of H-pyrrole nitrogens is 1. The Morgan fingerprint density at radius 2 is 2.24 bits per heavy atom. The number of halogens is 2. The van der Waals surface area contributed by atoms with Crippen molar-refractivity contribution < 1.29 is 4.74 Å². The van der Waals surface area contributed by atoms with Crippen LogP contribution in [-0.4, -0.2) is 10.2 Å². The lowest BCUT2D eigenvalue weighted by Crippen LogP contribution is -2.07. The summed E-state index contributed by atoms with van der Waals surface area (Å²) in [6.07, 6.45) is 0. The standard InChI is InChI=1S/C11H8BrClN2O2/c1-6-3-2-4-8(10(6)12)17-11-7(16)5-9(13)14-15-11/h2-5H,1H3,(H,14,16). The van der Waals surface area contributed by atoms with Crippen molar-refractivity contribution >= 4 is 27.5 Å². The molecule has 1 aromatic heterocycles. The van der Waals surface area contributed by atoms with Gasteiger partial charge in [-0.25, -0.2) is 0 Å². The van der Waals surface area contributed by atoms with Gasteiger partial charge in [-0.05, 0) is 34.5 Å². The molecule has 0 amide bonds. The molecule has 0 aliphatic carbocycles. The molecule has 0 saturated carbocycles. The Balaban J connectivity index is 2.38. The maximum atomic E-state index is 11.5. The number of hydrogen-bond donors (Lipinski definition) is 1. The molecular formula is C11H8BrClN2O2. The van der Waals surface area contributed by atoms with Crippen molar-refractivity contribution in [1.82, 2.24) is 10.2 Å². The molecule has 4 nitrogen and oxygen atoms in total.